The fraction of sp³-hybridized carbons (Fsp3) is 0.385. The first-order chi connectivity index (χ1) is 17.7. The average molecular weight is 507 g/mol. The van der Waals surface area contributed by atoms with E-state index in [4.69, 9.17) is 4.74 Å². The standard InChI is InChI=1S/C26H24F2N6O3/c1-15-31-13-21(32-15)25(36)34-9-7-23(26(27,28)14-34)37-22-5-4-17(10-18(22)12-29)20-11-19(6-8-30-20)33-24(35)16-2-3-16/h4-6,8,10-11,16,23H,2-3,7,9,13-14H2,1H3,(H,30,33,35)/t23-/m0/s1. The number of benzene rings is 1. The quantitative estimate of drug-likeness (QED) is 0.644. The molecule has 5 rings (SSSR count). The first kappa shape index (κ1) is 24.5. The molecule has 1 atom stereocenters. The van der Waals surface area contributed by atoms with Crippen LogP contribution in [0.4, 0.5) is 14.5 Å². The minimum absolute atomic E-state index is 0.0260. The molecule has 2 amide bonds. The number of carbonyl (C=O) groups is 2. The van der Waals surface area contributed by atoms with Gasteiger partial charge in [-0.25, -0.2) is 13.8 Å². The van der Waals surface area contributed by atoms with Crippen molar-refractivity contribution in [3.8, 4) is 23.1 Å². The van der Waals surface area contributed by atoms with Crippen molar-refractivity contribution < 1.29 is 23.1 Å². The molecule has 1 aromatic heterocycles. The molecular formula is C26H24F2N6O3. The number of ether oxygens (including phenoxy) is 1. The molecule has 9 nitrogen and oxygen atoms in total. The molecule has 0 unspecified atom stereocenters. The lowest BCUT2D eigenvalue weighted by Crippen LogP contribution is -2.56. The summed E-state index contributed by atoms with van der Waals surface area (Å²) >= 11 is 0. The summed E-state index contributed by atoms with van der Waals surface area (Å²) in [4.78, 5) is 38.0. The van der Waals surface area contributed by atoms with Gasteiger partial charge in [0.2, 0.25) is 5.91 Å². The molecule has 0 radical (unpaired) electrons. The highest BCUT2D eigenvalue weighted by molar-refractivity contribution is 6.42. The van der Waals surface area contributed by atoms with Crippen molar-refractivity contribution in [2.45, 2.75) is 38.2 Å². The van der Waals surface area contributed by atoms with E-state index in [9.17, 15) is 14.9 Å². The van der Waals surface area contributed by atoms with E-state index in [1.165, 1.54) is 12.1 Å². The van der Waals surface area contributed by atoms with Crippen LogP contribution in [0.5, 0.6) is 5.75 Å². The summed E-state index contributed by atoms with van der Waals surface area (Å²) in [5, 5.41) is 12.5. The number of alkyl halides is 2. The van der Waals surface area contributed by atoms with Gasteiger partial charge in [-0.3, -0.25) is 19.6 Å². The maximum absolute atomic E-state index is 15.0. The summed E-state index contributed by atoms with van der Waals surface area (Å²) in [6.45, 7) is 1.00. The zero-order chi connectivity index (χ0) is 26.2. The Morgan fingerprint density at radius 3 is 2.70 bits per heavy atom. The van der Waals surface area contributed by atoms with Crippen molar-refractivity contribution in [2.75, 3.05) is 25.0 Å². The topological polar surface area (TPSA) is 120 Å². The van der Waals surface area contributed by atoms with E-state index in [0.29, 0.717) is 22.8 Å². The lowest BCUT2D eigenvalue weighted by molar-refractivity contribution is -0.155. The van der Waals surface area contributed by atoms with Crippen LogP contribution in [0.15, 0.2) is 46.5 Å². The van der Waals surface area contributed by atoms with E-state index < -0.39 is 24.5 Å². The molecule has 37 heavy (non-hydrogen) atoms. The van der Waals surface area contributed by atoms with Crippen LogP contribution >= 0.6 is 0 Å². The van der Waals surface area contributed by atoms with Gasteiger partial charge >= 0.3 is 5.92 Å². The van der Waals surface area contributed by atoms with Gasteiger partial charge < -0.3 is 15.0 Å². The number of aromatic nitrogens is 1. The van der Waals surface area contributed by atoms with Gasteiger partial charge in [0.1, 0.15) is 23.4 Å². The molecule has 2 fully saturated rings. The molecule has 1 aliphatic carbocycles. The number of nitriles is 1. The first-order valence-corrected chi connectivity index (χ1v) is 12.0. The Hall–Kier alpha value is -4.20. The van der Waals surface area contributed by atoms with Crippen molar-refractivity contribution in [1.29, 1.82) is 5.26 Å². The number of hydrogen-bond donors (Lipinski definition) is 1. The third-order valence-electron chi connectivity index (χ3n) is 6.46. The summed E-state index contributed by atoms with van der Waals surface area (Å²) in [6, 6.07) is 9.98. The minimum atomic E-state index is -3.33. The summed E-state index contributed by atoms with van der Waals surface area (Å²) < 4.78 is 35.6. The van der Waals surface area contributed by atoms with Crippen LogP contribution in [0.3, 0.4) is 0 Å². The number of aliphatic imine (C=N–C) groups is 2. The number of nitrogens with one attached hydrogen (secondary N) is 1. The Balaban J connectivity index is 1.28. The third-order valence-corrected chi connectivity index (χ3v) is 6.46. The van der Waals surface area contributed by atoms with Crippen LogP contribution in [0.25, 0.3) is 11.3 Å². The van der Waals surface area contributed by atoms with Crippen molar-refractivity contribution in [1.82, 2.24) is 9.88 Å². The van der Waals surface area contributed by atoms with Crippen molar-refractivity contribution >= 4 is 29.0 Å². The fourth-order valence-corrected chi connectivity index (χ4v) is 4.28. The lowest BCUT2D eigenvalue weighted by Gasteiger charge is -2.38. The van der Waals surface area contributed by atoms with Gasteiger partial charge in [0.05, 0.1) is 24.3 Å². The number of carbonyl (C=O) groups excluding carboxylic acids is 2. The average Bonchev–Trinajstić information content (AvgIpc) is 3.65. The van der Waals surface area contributed by atoms with E-state index in [1.807, 2.05) is 6.07 Å². The zero-order valence-corrected chi connectivity index (χ0v) is 20.1. The Morgan fingerprint density at radius 2 is 2.03 bits per heavy atom. The number of likely N-dealkylation sites (tertiary alicyclic amines) is 1. The van der Waals surface area contributed by atoms with Crippen molar-refractivity contribution in [3.63, 3.8) is 0 Å². The maximum Gasteiger partial charge on any atom is 0.301 e. The second kappa shape index (κ2) is 9.69. The van der Waals surface area contributed by atoms with E-state index in [0.717, 1.165) is 17.7 Å². The smallest absolute Gasteiger partial charge is 0.301 e. The summed E-state index contributed by atoms with van der Waals surface area (Å²) in [6.07, 6.45) is 1.71. The van der Waals surface area contributed by atoms with Crippen LogP contribution < -0.4 is 10.1 Å². The Bertz CT molecular complexity index is 1360. The Morgan fingerprint density at radius 1 is 1.22 bits per heavy atom. The van der Waals surface area contributed by atoms with E-state index in [1.54, 1.807) is 31.3 Å². The number of hydrogen-bond acceptors (Lipinski definition) is 7. The molecule has 1 saturated heterocycles. The van der Waals surface area contributed by atoms with E-state index >= 15 is 8.78 Å². The van der Waals surface area contributed by atoms with Crippen molar-refractivity contribution in [3.05, 3.63) is 42.1 Å². The number of halogens is 2. The molecule has 0 spiro atoms. The second-order valence-electron chi connectivity index (χ2n) is 9.32. The number of anilines is 1. The Kier molecular flexibility index (Phi) is 6.41. The summed E-state index contributed by atoms with van der Waals surface area (Å²) in [5.74, 6) is -3.39. The normalized spacial score (nSPS) is 20.5. The predicted molar refractivity (Wildman–Crippen MR) is 132 cm³/mol. The van der Waals surface area contributed by atoms with Crippen molar-refractivity contribution in [2.24, 2.45) is 15.9 Å². The second-order valence-corrected chi connectivity index (χ2v) is 9.32. The highest BCUT2D eigenvalue weighted by Crippen LogP contribution is 2.34. The minimum Gasteiger partial charge on any atom is -0.483 e. The molecule has 11 heteroatoms. The third kappa shape index (κ3) is 5.33. The number of amides is 2. The van der Waals surface area contributed by atoms with Crippen LogP contribution in [-0.2, 0) is 9.59 Å². The number of rotatable bonds is 6. The summed E-state index contributed by atoms with van der Waals surface area (Å²) in [7, 11) is 0. The first-order valence-electron chi connectivity index (χ1n) is 12.0. The fourth-order valence-electron chi connectivity index (χ4n) is 4.28. The number of amidine groups is 1. The van der Waals surface area contributed by atoms with E-state index in [2.05, 4.69) is 20.3 Å². The SMILES string of the molecule is CC1=NCC(C(=O)N2CC[C@H](Oc3ccc(-c4cc(NC(=O)C5CC5)ccn4)cc3C#N)C(F)(F)C2)=N1. The molecule has 3 heterocycles. The highest BCUT2D eigenvalue weighted by Gasteiger charge is 2.48. The zero-order valence-electron chi connectivity index (χ0n) is 20.1. The van der Waals surface area contributed by atoms with Crippen LogP contribution in [0, 0.1) is 17.2 Å². The van der Waals surface area contributed by atoms with Crippen LogP contribution in [0.2, 0.25) is 0 Å². The number of piperidine rings is 1. The van der Waals surface area contributed by atoms with Gasteiger partial charge in [-0.15, -0.1) is 0 Å². The van der Waals surface area contributed by atoms with E-state index in [-0.39, 0.29) is 48.4 Å². The van der Waals surface area contributed by atoms with Crippen LogP contribution in [-0.4, -0.2) is 64.9 Å². The Labute approximate surface area is 211 Å². The maximum atomic E-state index is 15.0. The van der Waals surface area contributed by atoms with Gasteiger partial charge in [-0.05, 0) is 50.1 Å². The molecule has 190 valence electrons. The van der Waals surface area contributed by atoms with Gasteiger partial charge in [-0.1, -0.05) is 0 Å². The molecule has 1 N–H and O–H groups in total. The van der Waals surface area contributed by atoms with Gasteiger partial charge in [0, 0.05) is 36.3 Å². The largest absolute Gasteiger partial charge is 0.483 e. The molecule has 0 bridgehead atoms. The van der Waals surface area contributed by atoms with Gasteiger partial charge in [-0.2, -0.15) is 5.26 Å². The molecule has 1 saturated carbocycles. The summed E-state index contributed by atoms with van der Waals surface area (Å²) in [5.41, 5.74) is 1.91. The molecule has 3 aliphatic rings. The number of pyridine rings is 1. The predicted octanol–water partition coefficient (Wildman–Crippen LogP) is 3.46. The van der Waals surface area contributed by atoms with Crippen LogP contribution in [0.1, 0.15) is 31.7 Å². The van der Waals surface area contributed by atoms with Gasteiger partial charge in [0.15, 0.2) is 6.10 Å². The number of nitrogens with zero attached hydrogens (tertiary/aromatic N) is 5. The van der Waals surface area contributed by atoms with Gasteiger partial charge in [0.25, 0.3) is 5.91 Å². The molecule has 1 aromatic carbocycles. The highest BCUT2D eigenvalue weighted by atomic mass is 19.3. The molecule has 2 aliphatic heterocycles. The molecular weight excluding hydrogens is 482 g/mol. The molecule has 2 aromatic rings. The monoisotopic (exact) mass is 506 g/mol. The lowest BCUT2D eigenvalue weighted by atomic mass is 10.0.